The van der Waals surface area contributed by atoms with Crippen molar-refractivity contribution in [1.29, 1.82) is 0 Å². The Morgan fingerprint density at radius 1 is 1.11 bits per heavy atom. The maximum Gasteiger partial charge on any atom is 0.244 e. The SMILES string of the molecule is CC(C)N1CCN(C(=O)[C@H](N)c2ccccc2)CC1. The van der Waals surface area contributed by atoms with E-state index in [1.807, 2.05) is 35.2 Å². The summed E-state index contributed by atoms with van der Waals surface area (Å²) in [7, 11) is 0. The number of amides is 1. The summed E-state index contributed by atoms with van der Waals surface area (Å²) < 4.78 is 0. The van der Waals surface area contributed by atoms with Gasteiger partial charge in [-0.2, -0.15) is 0 Å². The zero-order valence-electron chi connectivity index (χ0n) is 11.7. The quantitative estimate of drug-likeness (QED) is 0.890. The topological polar surface area (TPSA) is 49.6 Å². The standard InChI is InChI=1S/C15H23N3O/c1-12(2)17-8-10-18(11-9-17)15(19)14(16)13-6-4-3-5-7-13/h3-7,12,14H,8-11,16H2,1-2H3/t14-/m1/s1. The molecule has 0 saturated carbocycles. The highest BCUT2D eigenvalue weighted by molar-refractivity contribution is 5.83. The van der Waals surface area contributed by atoms with Gasteiger partial charge in [-0.3, -0.25) is 9.69 Å². The molecule has 4 heteroatoms. The molecule has 1 aliphatic heterocycles. The van der Waals surface area contributed by atoms with E-state index < -0.39 is 6.04 Å². The Labute approximate surface area is 115 Å². The second-order valence-electron chi connectivity index (χ2n) is 5.34. The van der Waals surface area contributed by atoms with Crippen molar-refractivity contribution in [3.63, 3.8) is 0 Å². The Kier molecular flexibility index (Phi) is 4.56. The van der Waals surface area contributed by atoms with Gasteiger partial charge in [-0.1, -0.05) is 30.3 Å². The van der Waals surface area contributed by atoms with Gasteiger partial charge in [0.05, 0.1) is 0 Å². The summed E-state index contributed by atoms with van der Waals surface area (Å²) in [6, 6.07) is 9.59. The van der Waals surface area contributed by atoms with Gasteiger partial charge in [-0.05, 0) is 19.4 Å². The summed E-state index contributed by atoms with van der Waals surface area (Å²) in [5.41, 5.74) is 6.95. The van der Waals surface area contributed by atoms with E-state index in [1.165, 1.54) is 0 Å². The molecular formula is C15H23N3O. The van der Waals surface area contributed by atoms with Crippen LogP contribution in [0.15, 0.2) is 30.3 Å². The van der Waals surface area contributed by atoms with Crippen LogP contribution in [0.3, 0.4) is 0 Å². The van der Waals surface area contributed by atoms with Crippen LogP contribution in [-0.2, 0) is 4.79 Å². The van der Waals surface area contributed by atoms with Crippen molar-refractivity contribution in [2.24, 2.45) is 5.73 Å². The molecule has 1 amide bonds. The van der Waals surface area contributed by atoms with E-state index in [0.717, 1.165) is 31.7 Å². The molecule has 1 aliphatic rings. The van der Waals surface area contributed by atoms with Gasteiger partial charge in [0.25, 0.3) is 0 Å². The van der Waals surface area contributed by atoms with Crippen molar-refractivity contribution in [3.8, 4) is 0 Å². The number of piperazine rings is 1. The molecule has 1 aromatic carbocycles. The van der Waals surface area contributed by atoms with E-state index in [0.29, 0.717) is 6.04 Å². The smallest absolute Gasteiger partial charge is 0.244 e. The molecule has 0 aromatic heterocycles. The first-order valence-corrected chi connectivity index (χ1v) is 6.93. The molecule has 0 spiro atoms. The van der Waals surface area contributed by atoms with Crippen LogP contribution in [0.4, 0.5) is 0 Å². The third-order valence-corrected chi connectivity index (χ3v) is 3.78. The molecule has 0 aliphatic carbocycles. The summed E-state index contributed by atoms with van der Waals surface area (Å²) in [6.45, 7) is 7.80. The molecular weight excluding hydrogens is 238 g/mol. The highest BCUT2D eigenvalue weighted by Crippen LogP contribution is 2.15. The molecule has 2 rings (SSSR count). The van der Waals surface area contributed by atoms with E-state index in [1.54, 1.807) is 0 Å². The molecule has 4 nitrogen and oxygen atoms in total. The van der Waals surface area contributed by atoms with E-state index >= 15 is 0 Å². The second-order valence-corrected chi connectivity index (χ2v) is 5.34. The third-order valence-electron chi connectivity index (χ3n) is 3.78. The number of carbonyl (C=O) groups is 1. The summed E-state index contributed by atoms with van der Waals surface area (Å²) in [6.07, 6.45) is 0. The predicted octanol–water partition coefficient (Wildman–Crippen LogP) is 1.24. The van der Waals surface area contributed by atoms with Gasteiger partial charge in [0.15, 0.2) is 0 Å². The van der Waals surface area contributed by atoms with Crippen molar-refractivity contribution in [1.82, 2.24) is 9.80 Å². The van der Waals surface area contributed by atoms with Crippen LogP contribution < -0.4 is 5.73 Å². The Morgan fingerprint density at radius 2 is 1.68 bits per heavy atom. The Balaban J connectivity index is 1.94. The first-order valence-electron chi connectivity index (χ1n) is 6.93. The average Bonchev–Trinajstić information content (AvgIpc) is 2.46. The number of nitrogens with zero attached hydrogens (tertiary/aromatic N) is 2. The molecule has 19 heavy (non-hydrogen) atoms. The molecule has 0 unspecified atom stereocenters. The van der Waals surface area contributed by atoms with Crippen molar-refractivity contribution in [2.75, 3.05) is 26.2 Å². The molecule has 1 fully saturated rings. The molecule has 0 bridgehead atoms. The van der Waals surface area contributed by atoms with Gasteiger partial charge in [0.2, 0.25) is 5.91 Å². The summed E-state index contributed by atoms with van der Waals surface area (Å²) in [5, 5.41) is 0. The van der Waals surface area contributed by atoms with Crippen LogP contribution in [-0.4, -0.2) is 47.9 Å². The zero-order chi connectivity index (χ0) is 13.8. The zero-order valence-corrected chi connectivity index (χ0v) is 11.7. The maximum absolute atomic E-state index is 12.4. The molecule has 1 atom stereocenters. The Morgan fingerprint density at radius 3 is 2.21 bits per heavy atom. The van der Waals surface area contributed by atoms with Gasteiger partial charge in [0, 0.05) is 32.2 Å². The molecule has 1 saturated heterocycles. The Hall–Kier alpha value is -1.39. The van der Waals surface area contributed by atoms with Crippen molar-refractivity contribution >= 4 is 5.91 Å². The van der Waals surface area contributed by atoms with Gasteiger partial charge < -0.3 is 10.6 Å². The number of rotatable bonds is 3. The van der Waals surface area contributed by atoms with E-state index in [4.69, 9.17) is 5.73 Å². The van der Waals surface area contributed by atoms with E-state index in [2.05, 4.69) is 18.7 Å². The first kappa shape index (κ1) is 14.0. The van der Waals surface area contributed by atoms with E-state index in [-0.39, 0.29) is 5.91 Å². The number of hydrogen-bond acceptors (Lipinski definition) is 3. The summed E-state index contributed by atoms with van der Waals surface area (Å²) in [5.74, 6) is 0.0367. The number of nitrogens with two attached hydrogens (primary N) is 1. The fraction of sp³-hybridized carbons (Fsp3) is 0.533. The molecule has 0 radical (unpaired) electrons. The van der Waals surface area contributed by atoms with Crippen molar-refractivity contribution in [3.05, 3.63) is 35.9 Å². The highest BCUT2D eigenvalue weighted by Gasteiger charge is 2.26. The minimum absolute atomic E-state index is 0.0367. The lowest BCUT2D eigenvalue weighted by Crippen LogP contribution is -2.52. The largest absolute Gasteiger partial charge is 0.338 e. The fourth-order valence-electron chi connectivity index (χ4n) is 2.46. The van der Waals surface area contributed by atoms with Crippen LogP contribution in [0, 0.1) is 0 Å². The molecule has 104 valence electrons. The minimum Gasteiger partial charge on any atom is -0.338 e. The summed E-state index contributed by atoms with van der Waals surface area (Å²) >= 11 is 0. The van der Waals surface area contributed by atoms with Crippen LogP contribution in [0.1, 0.15) is 25.5 Å². The fourth-order valence-corrected chi connectivity index (χ4v) is 2.46. The maximum atomic E-state index is 12.4. The second kappa shape index (κ2) is 6.17. The lowest BCUT2D eigenvalue weighted by Gasteiger charge is -2.37. The van der Waals surface area contributed by atoms with Gasteiger partial charge in [0.1, 0.15) is 6.04 Å². The van der Waals surface area contributed by atoms with Gasteiger partial charge in [-0.15, -0.1) is 0 Å². The van der Waals surface area contributed by atoms with Crippen LogP contribution >= 0.6 is 0 Å². The molecule has 1 aromatic rings. The third kappa shape index (κ3) is 3.33. The van der Waals surface area contributed by atoms with Gasteiger partial charge in [-0.25, -0.2) is 0 Å². The lowest BCUT2D eigenvalue weighted by molar-refractivity contribution is -0.134. The van der Waals surface area contributed by atoms with Crippen molar-refractivity contribution in [2.45, 2.75) is 25.9 Å². The molecule has 2 N–H and O–H groups in total. The van der Waals surface area contributed by atoms with E-state index in [9.17, 15) is 4.79 Å². The van der Waals surface area contributed by atoms with Crippen LogP contribution in [0.25, 0.3) is 0 Å². The number of hydrogen-bond donors (Lipinski definition) is 1. The van der Waals surface area contributed by atoms with Crippen LogP contribution in [0.5, 0.6) is 0 Å². The average molecular weight is 261 g/mol. The highest BCUT2D eigenvalue weighted by atomic mass is 16.2. The van der Waals surface area contributed by atoms with Gasteiger partial charge >= 0.3 is 0 Å². The minimum atomic E-state index is -0.535. The normalized spacial score (nSPS) is 18.6. The molecule has 1 heterocycles. The van der Waals surface area contributed by atoms with Crippen molar-refractivity contribution < 1.29 is 4.79 Å². The predicted molar refractivity (Wildman–Crippen MR) is 76.7 cm³/mol. The number of benzene rings is 1. The Bertz CT molecular complexity index is 411. The summed E-state index contributed by atoms with van der Waals surface area (Å²) in [4.78, 5) is 16.6. The number of carbonyl (C=O) groups excluding carboxylic acids is 1. The first-order chi connectivity index (χ1) is 9.09. The lowest BCUT2D eigenvalue weighted by atomic mass is 10.1. The van der Waals surface area contributed by atoms with Crippen LogP contribution in [0.2, 0.25) is 0 Å². The monoisotopic (exact) mass is 261 g/mol.